The first-order valence-corrected chi connectivity index (χ1v) is 34.3. The van der Waals surface area contributed by atoms with E-state index in [4.69, 9.17) is 14.2 Å². The van der Waals surface area contributed by atoms with Crippen molar-refractivity contribution in [2.45, 2.75) is 309 Å². The third kappa shape index (κ3) is 68.0. The standard InChI is InChI=1S/C77H126O6/c1-4-7-10-13-16-19-22-25-28-31-34-36-37-38-39-41-43-46-49-52-55-58-61-64-67-70-76(79)82-73-74(72-81-75(78)69-66-63-60-57-54-51-48-45-42-33-30-27-24-21-18-15-12-9-6-3)83-77(80)71-68-65-62-59-56-53-50-47-44-40-35-32-29-26-23-20-17-14-11-8-5-2/h7,9-10,12,16,18-19,21,25,27-28,30,32,34-36,38-39,42,45,51,54,60,63,74H,4-6,8,11,13-15,17,20,22-24,26,29,31,33,37,40-41,43-44,46-50,52-53,55-59,61-62,64-73H2,1-3H3/b10-7-,12-9-,19-16-,21-18-,28-25-,30-27-,35-32-,36-34-,39-38-,45-42-,54-51-,63-60-. The summed E-state index contributed by atoms with van der Waals surface area (Å²) in [6, 6.07) is 0. The van der Waals surface area contributed by atoms with Crippen LogP contribution in [0, 0.1) is 0 Å². The lowest BCUT2D eigenvalue weighted by Crippen LogP contribution is -2.30. The summed E-state index contributed by atoms with van der Waals surface area (Å²) in [7, 11) is 0. The van der Waals surface area contributed by atoms with Crippen molar-refractivity contribution in [3.63, 3.8) is 0 Å². The Morgan fingerprint density at radius 3 is 0.819 bits per heavy atom. The zero-order chi connectivity index (χ0) is 59.9. The Morgan fingerprint density at radius 2 is 0.494 bits per heavy atom. The molecule has 0 saturated carbocycles. The summed E-state index contributed by atoms with van der Waals surface area (Å²) in [6.45, 7) is 6.36. The van der Waals surface area contributed by atoms with Crippen molar-refractivity contribution in [2.24, 2.45) is 0 Å². The second kappa shape index (κ2) is 69.8. The van der Waals surface area contributed by atoms with Gasteiger partial charge in [0.1, 0.15) is 13.2 Å². The molecule has 1 unspecified atom stereocenters. The Kier molecular flexibility index (Phi) is 65.8. The van der Waals surface area contributed by atoms with Gasteiger partial charge in [0, 0.05) is 19.3 Å². The average Bonchev–Trinajstić information content (AvgIpc) is 3.49. The number of rotatable bonds is 61. The SMILES string of the molecule is CC/C=C\C/C=C\C/C=C\C/C=C\C/C=C\C/C=C\CCC(=O)OCC(COC(=O)CCCCCCCCCCC/C=C\C/C=C\C/C=C\C/C=C\C/C=C\CC)OC(=O)CCCCCCCCCCC/C=C\CCCCCCCCCC. The molecule has 0 fully saturated rings. The normalized spacial score (nSPS) is 13.0. The second-order valence-electron chi connectivity index (χ2n) is 22.3. The molecule has 0 heterocycles. The van der Waals surface area contributed by atoms with Crippen LogP contribution < -0.4 is 0 Å². The monoisotopic (exact) mass is 1150 g/mol. The quantitative estimate of drug-likeness (QED) is 0.0261. The highest BCUT2D eigenvalue weighted by Crippen LogP contribution is 2.16. The molecule has 0 saturated heterocycles. The number of unbranched alkanes of at least 4 members (excludes halogenated alkanes) is 26. The summed E-state index contributed by atoms with van der Waals surface area (Å²) in [6.07, 6.45) is 100. The first-order chi connectivity index (χ1) is 41.0. The molecule has 0 aromatic carbocycles. The molecule has 470 valence electrons. The minimum atomic E-state index is -0.821. The molecule has 0 aromatic rings. The number of hydrogen-bond acceptors (Lipinski definition) is 6. The van der Waals surface area contributed by atoms with Crippen LogP contribution in [-0.2, 0) is 28.6 Å². The van der Waals surface area contributed by atoms with E-state index in [-0.39, 0.29) is 37.5 Å². The van der Waals surface area contributed by atoms with Crippen molar-refractivity contribution in [1.29, 1.82) is 0 Å². The molecule has 0 aliphatic carbocycles. The highest BCUT2D eigenvalue weighted by molar-refractivity contribution is 5.71. The average molecular weight is 1150 g/mol. The molecular formula is C77H126O6. The van der Waals surface area contributed by atoms with Gasteiger partial charge in [0.15, 0.2) is 6.10 Å². The van der Waals surface area contributed by atoms with Gasteiger partial charge in [0.2, 0.25) is 0 Å². The fraction of sp³-hybridized carbons (Fsp3) is 0.649. The van der Waals surface area contributed by atoms with Gasteiger partial charge >= 0.3 is 17.9 Å². The van der Waals surface area contributed by atoms with E-state index in [1.54, 1.807) is 0 Å². The molecule has 1 atom stereocenters. The number of carbonyl (C=O) groups excluding carboxylic acids is 3. The van der Waals surface area contributed by atoms with Gasteiger partial charge in [-0.25, -0.2) is 0 Å². The Labute approximate surface area is 512 Å². The molecule has 0 amide bonds. The van der Waals surface area contributed by atoms with Crippen LogP contribution in [0.5, 0.6) is 0 Å². The van der Waals surface area contributed by atoms with E-state index in [0.29, 0.717) is 19.3 Å². The van der Waals surface area contributed by atoms with Crippen LogP contribution in [0.2, 0.25) is 0 Å². The lowest BCUT2D eigenvalue weighted by atomic mass is 10.1. The molecule has 0 rings (SSSR count). The zero-order valence-electron chi connectivity index (χ0n) is 53.9. The van der Waals surface area contributed by atoms with Gasteiger partial charge in [0.25, 0.3) is 0 Å². The van der Waals surface area contributed by atoms with Gasteiger partial charge in [-0.2, -0.15) is 0 Å². The van der Waals surface area contributed by atoms with Gasteiger partial charge in [-0.05, 0) is 128 Å². The van der Waals surface area contributed by atoms with Crippen molar-refractivity contribution in [3.05, 3.63) is 146 Å². The van der Waals surface area contributed by atoms with Gasteiger partial charge in [0.05, 0.1) is 0 Å². The van der Waals surface area contributed by atoms with Crippen molar-refractivity contribution >= 4 is 17.9 Å². The van der Waals surface area contributed by atoms with E-state index in [0.717, 1.165) is 116 Å². The van der Waals surface area contributed by atoms with Crippen LogP contribution in [0.15, 0.2) is 146 Å². The maximum Gasteiger partial charge on any atom is 0.306 e. The Balaban J connectivity index is 4.49. The summed E-state index contributed by atoms with van der Waals surface area (Å²) in [4.78, 5) is 38.4. The lowest BCUT2D eigenvalue weighted by Gasteiger charge is -2.18. The van der Waals surface area contributed by atoms with E-state index in [2.05, 4.69) is 161 Å². The molecular weight excluding hydrogens is 1020 g/mol. The van der Waals surface area contributed by atoms with E-state index in [9.17, 15) is 14.4 Å². The van der Waals surface area contributed by atoms with Crippen LogP contribution in [0.25, 0.3) is 0 Å². The number of esters is 3. The highest BCUT2D eigenvalue weighted by Gasteiger charge is 2.19. The molecule has 0 N–H and O–H groups in total. The Hall–Kier alpha value is -4.71. The largest absolute Gasteiger partial charge is 0.462 e. The first kappa shape index (κ1) is 78.3. The Bertz CT molecular complexity index is 1800. The van der Waals surface area contributed by atoms with Crippen molar-refractivity contribution < 1.29 is 28.6 Å². The highest BCUT2D eigenvalue weighted by atomic mass is 16.6. The van der Waals surface area contributed by atoms with E-state index in [1.807, 2.05) is 6.08 Å². The second-order valence-corrected chi connectivity index (χ2v) is 22.3. The molecule has 0 aliphatic rings. The fourth-order valence-electron chi connectivity index (χ4n) is 9.26. The minimum absolute atomic E-state index is 0.109. The predicted octanol–water partition coefficient (Wildman–Crippen LogP) is 23.9. The van der Waals surface area contributed by atoms with Crippen molar-refractivity contribution in [2.75, 3.05) is 13.2 Å². The van der Waals surface area contributed by atoms with Gasteiger partial charge in [-0.15, -0.1) is 0 Å². The van der Waals surface area contributed by atoms with E-state index < -0.39 is 6.10 Å². The predicted molar refractivity (Wildman–Crippen MR) is 362 cm³/mol. The molecule has 83 heavy (non-hydrogen) atoms. The maximum atomic E-state index is 13.0. The first-order valence-electron chi connectivity index (χ1n) is 34.3. The summed E-state index contributed by atoms with van der Waals surface area (Å²) in [5.41, 5.74) is 0. The summed E-state index contributed by atoms with van der Waals surface area (Å²) < 4.78 is 16.9. The summed E-state index contributed by atoms with van der Waals surface area (Å²) in [5, 5.41) is 0. The summed E-state index contributed by atoms with van der Waals surface area (Å²) >= 11 is 0. The topological polar surface area (TPSA) is 78.9 Å². The number of allylic oxidation sites excluding steroid dienone is 24. The smallest absolute Gasteiger partial charge is 0.306 e. The van der Waals surface area contributed by atoms with E-state index >= 15 is 0 Å². The van der Waals surface area contributed by atoms with Crippen LogP contribution in [-0.4, -0.2) is 37.2 Å². The minimum Gasteiger partial charge on any atom is -0.462 e. The molecule has 0 bridgehead atoms. The number of hydrogen-bond donors (Lipinski definition) is 0. The maximum absolute atomic E-state index is 13.0. The van der Waals surface area contributed by atoms with Crippen LogP contribution in [0.1, 0.15) is 303 Å². The summed E-state index contributed by atoms with van der Waals surface area (Å²) in [5.74, 6) is -1.000. The molecule has 0 radical (unpaired) electrons. The molecule has 6 heteroatoms. The zero-order valence-corrected chi connectivity index (χ0v) is 53.9. The number of carbonyl (C=O) groups is 3. The molecule has 0 aromatic heterocycles. The molecule has 0 spiro atoms. The van der Waals surface area contributed by atoms with Gasteiger partial charge < -0.3 is 14.2 Å². The Morgan fingerprint density at radius 1 is 0.253 bits per heavy atom. The lowest BCUT2D eigenvalue weighted by molar-refractivity contribution is -0.166. The van der Waals surface area contributed by atoms with Crippen molar-refractivity contribution in [1.82, 2.24) is 0 Å². The van der Waals surface area contributed by atoms with Gasteiger partial charge in [-0.1, -0.05) is 301 Å². The molecule has 6 nitrogen and oxygen atoms in total. The van der Waals surface area contributed by atoms with Gasteiger partial charge in [-0.3, -0.25) is 14.4 Å². The number of ether oxygens (including phenoxy) is 3. The van der Waals surface area contributed by atoms with E-state index in [1.165, 1.54) is 141 Å². The van der Waals surface area contributed by atoms with Crippen molar-refractivity contribution in [3.8, 4) is 0 Å². The van der Waals surface area contributed by atoms with Crippen LogP contribution >= 0.6 is 0 Å². The fourth-order valence-corrected chi connectivity index (χ4v) is 9.26. The van der Waals surface area contributed by atoms with Crippen LogP contribution in [0.3, 0.4) is 0 Å². The third-order valence-corrected chi connectivity index (χ3v) is 14.3. The van der Waals surface area contributed by atoms with Crippen LogP contribution in [0.4, 0.5) is 0 Å². The molecule has 0 aliphatic heterocycles. The third-order valence-electron chi connectivity index (χ3n) is 14.3.